The van der Waals surface area contributed by atoms with Crippen LogP contribution in [0.1, 0.15) is 15.9 Å². The highest BCUT2D eigenvalue weighted by molar-refractivity contribution is 7.86. The lowest BCUT2D eigenvalue weighted by molar-refractivity contribution is 0.0691. The van der Waals surface area contributed by atoms with Crippen LogP contribution in [0.5, 0.6) is 0 Å². The highest BCUT2D eigenvalue weighted by Crippen LogP contribution is 2.21. The second-order valence-electron chi connectivity index (χ2n) is 2.84. The first-order valence-corrected chi connectivity index (χ1v) is 5.10. The standard InChI is InChI=1S/C8H6F2O4S/c1-4-2-6(9)5(8(11)12)3-7(4)15(10,13)14/h2-3H,1H3,(H,11,12). The molecule has 1 N–H and O–H groups in total. The van der Waals surface area contributed by atoms with Crippen molar-refractivity contribution in [2.75, 3.05) is 0 Å². The van der Waals surface area contributed by atoms with Crippen molar-refractivity contribution in [3.05, 3.63) is 29.1 Å². The first-order chi connectivity index (χ1) is 6.73. The largest absolute Gasteiger partial charge is 0.478 e. The third kappa shape index (κ3) is 2.30. The Morgan fingerprint density at radius 3 is 2.33 bits per heavy atom. The van der Waals surface area contributed by atoms with E-state index in [1.807, 2.05) is 0 Å². The van der Waals surface area contributed by atoms with Crippen molar-refractivity contribution in [2.24, 2.45) is 0 Å². The number of halogens is 2. The van der Waals surface area contributed by atoms with Gasteiger partial charge in [0.2, 0.25) is 0 Å². The van der Waals surface area contributed by atoms with Crippen LogP contribution in [-0.4, -0.2) is 19.5 Å². The van der Waals surface area contributed by atoms with Gasteiger partial charge in [-0.25, -0.2) is 9.18 Å². The van der Waals surface area contributed by atoms with Gasteiger partial charge in [0.05, 0.1) is 5.56 Å². The Hall–Kier alpha value is -1.50. The molecule has 0 radical (unpaired) electrons. The van der Waals surface area contributed by atoms with Gasteiger partial charge in [-0.3, -0.25) is 0 Å². The number of carboxylic acid groups (broad SMARTS) is 1. The maximum Gasteiger partial charge on any atom is 0.338 e. The fourth-order valence-electron chi connectivity index (χ4n) is 1.08. The van der Waals surface area contributed by atoms with Crippen LogP contribution in [0, 0.1) is 12.7 Å². The van der Waals surface area contributed by atoms with E-state index in [9.17, 15) is 21.5 Å². The molecule has 1 aromatic carbocycles. The van der Waals surface area contributed by atoms with Gasteiger partial charge in [-0.2, -0.15) is 8.42 Å². The number of benzene rings is 1. The molecule has 1 rings (SSSR count). The lowest BCUT2D eigenvalue weighted by atomic mass is 10.1. The topological polar surface area (TPSA) is 71.4 Å². The van der Waals surface area contributed by atoms with E-state index >= 15 is 0 Å². The molecule has 0 spiro atoms. The second-order valence-corrected chi connectivity index (χ2v) is 4.16. The van der Waals surface area contributed by atoms with Gasteiger partial charge in [0.15, 0.2) is 0 Å². The zero-order valence-corrected chi connectivity index (χ0v) is 8.31. The molecule has 4 nitrogen and oxygen atoms in total. The van der Waals surface area contributed by atoms with Gasteiger partial charge >= 0.3 is 16.2 Å². The molecule has 0 aliphatic heterocycles. The van der Waals surface area contributed by atoms with Gasteiger partial charge in [0.25, 0.3) is 0 Å². The highest BCUT2D eigenvalue weighted by atomic mass is 32.3. The van der Waals surface area contributed by atoms with E-state index in [-0.39, 0.29) is 5.56 Å². The van der Waals surface area contributed by atoms with E-state index < -0.39 is 32.5 Å². The van der Waals surface area contributed by atoms with Crippen LogP contribution in [0.3, 0.4) is 0 Å². The Balaban J connectivity index is 3.58. The summed E-state index contributed by atoms with van der Waals surface area (Å²) in [7, 11) is -5.04. The molecular formula is C8H6F2O4S. The Labute approximate surface area is 84.4 Å². The summed E-state index contributed by atoms with van der Waals surface area (Å²) in [6.45, 7) is 1.17. The molecule has 0 saturated heterocycles. The van der Waals surface area contributed by atoms with E-state index in [1.54, 1.807) is 0 Å². The maximum absolute atomic E-state index is 13.0. The Morgan fingerprint density at radius 2 is 1.93 bits per heavy atom. The average Bonchev–Trinajstić information content (AvgIpc) is 2.00. The maximum atomic E-state index is 13.0. The zero-order valence-electron chi connectivity index (χ0n) is 7.49. The molecule has 0 aromatic heterocycles. The summed E-state index contributed by atoms with van der Waals surface area (Å²) in [5.74, 6) is -2.76. The molecular weight excluding hydrogens is 230 g/mol. The van der Waals surface area contributed by atoms with E-state index in [0.717, 1.165) is 0 Å². The van der Waals surface area contributed by atoms with Crippen LogP contribution in [0.15, 0.2) is 17.0 Å². The molecule has 82 valence electrons. The van der Waals surface area contributed by atoms with Crippen molar-refractivity contribution in [3.8, 4) is 0 Å². The van der Waals surface area contributed by atoms with Gasteiger partial charge in [-0.1, -0.05) is 0 Å². The van der Waals surface area contributed by atoms with Crippen molar-refractivity contribution in [2.45, 2.75) is 11.8 Å². The number of hydrogen-bond acceptors (Lipinski definition) is 3. The highest BCUT2D eigenvalue weighted by Gasteiger charge is 2.21. The first kappa shape index (κ1) is 11.6. The number of aryl methyl sites for hydroxylation is 1. The monoisotopic (exact) mass is 236 g/mol. The Morgan fingerprint density at radius 1 is 1.40 bits per heavy atom. The fourth-order valence-corrected chi connectivity index (χ4v) is 1.78. The van der Waals surface area contributed by atoms with E-state index in [1.165, 1.54) is 6.92 Å². The lowest BCUT2D eigenvalue weighted by Gasteiger charge is -2.03. The number of aromatic carboxylic acids is 1. The molecule has 0 heterocycles. The zero-order chi connectivity index (χ0) is 11.8. The molecule has 7 heteroatoms. The van der Waals surface area contributed by atoms with Crippen molar-refractivity contribution in [3.63, 3.8) is 0 Å². The summed E-state index contributed by atoms with van der Waals surface area (Å²) in [5.41, 5.74) is -1.06. The molecule has 0 saturated carbocycles. The molecule has 15 heavy (non-hydrogen) atoms. The van der Waals surface area contributed by atoms with Crippen molar-refractivity contribution >= 4 is 16.2 Å². The van der Waals surface area contributed by atoms with Gasteiger partial charge in [0, 0.05) is 0 Å². The third-order valence-electron chi connectivity index (χ3n) is 1.76. The normalized spacial score (nSPS) is 11.4. The third-order valence-corrected chi connectivity index (χ3v) is 2.72. The number of rotatable bonds is 2. The minimum absolute atomic E-state index is 0.181. The van der Waals surface area contributed by atoms with Crippen molar-refractivity contribution in [1.29, 1.82) is 0 Å². The minimum Gasteiger partial charge on any atom is -0.478 e. The van der Waals surface area contributed by atoms with Crippen LogP contribution in [0.4, 0.5) is 8.28 Å². The molecule has 0 amide bonds. The number of carbonyl (C=O) groups is 1. The Kier molecular flexibility index (Phi) is 2.76. The molecule has 0 unspecified atom stereocenters. The Bertz CT molecular complexity index is 522. The van der Waals surface area contributed by atoms with Gasteiger partial charge in [-0.15, -0.1) is 3.89 Å². The predicted molar refractivity (Wildman–Crippen MR) is 46.4 cm³/mol. The average molecular weight is 236 g/mol. The summed E-state index contributed by atoms with van der Waals surface area (Å²) < 4.78 is 46.7. The van der Waals surface area contributed by atoms with Gasteiger partial charge < -0.3 is 5.11 Å². The number of hydrogen-bond donors (Lipinski definition) is 1. The smallest absolute Gasteiger partial charge is 0.338 e. The first-order valence-electron chi connectivity index (χ1n) is 3.71. The molecule has 0 aliphatic rings. The van der Waals surface area contributed by atoms with Crippen LogP contribution in [-0.2, 0) is 10.2 Å². The second kappa shape index (κ2) is 3.58. The van der Waals surface area contributed by atoms with Crippen LogP contribution in [0.2, 0.25) is 0 Å². The molecule has 0 fully saturated rings. The summed E-state index contributed by atoms with van der Waals surface area (Å²) in [4.78, 5) is 9.62. The van der Waals surface area contributed by atoms with E-state index in [4.69, 9.17) is 5.11 Å². The SMILES string of the molecule is Cc1cc(F)c(C(=O)O)cc1S(=O)(=O)F. The van der Waals surface area contributed by atoms with Crippen LogP contribution >= 0.6 is 0 Å². The fraction of sp³-hybridized carbons (Fsp3) is 0.125. The molecule has 0 bridgehead atoms. The summed E-state index contributed by atoms with van der Waals surface area (Å²) >= 11 is 0. The van der Waals surface area contributed by atoms with Gasteiger partial charge in [0.1, 0.15) is 10.7 Å². The predicted octanol–water partition coefficient (Wildman–Crippen LogP) is 1.49. The summed E-state index contributed by atoms with van der Waals surface area (Å²) in [5, 5.41) is 8.49. The molecule has 1 aromatic rings. The molecule has 0 aliphatic carbocycles. The van der Waals surface area contributed by atoms with Crippen LogP contribution in [0.25, 0.3) is 0 Å². The van der Waals surface area contributed by atoms with Crippen molar-refractivity contribution < 1.29 is 26.6 Å². The van der Waals surface area contributed by atoms with E-state index in [0.29, 0.717) is 12.1 Å². The number of carboxylic acids is 1. The van der Waals surface area contributed by atoms with Crippen molar-refractivity contribution in [1.82, 2.24) is 0 Å². The quantitative estimate of drug-likeness (QED) is 0.789. The van der Waals surface area contributed by atoms with Gasteiger partial charge in [-0.05, 0) is 24.6 Å². The summed E-state index contributed by atoms with van der Waals surface area (Å²) in [6, 6.07) is 1.12. The summed E-state index contributed by atoms with van der Waals surface area (Å²) in [6.07, 6.45) is 0. The van der Waals surface area contributed by atoms with E-state index in [2.05, 4.69) is 0 Å². The lowest BCUT2D eigenvalue weighted by Crippen LogP contribution is -2.05. The van der Waals surface area contributed by atoms with Crippen LogP contribution < -0.4 is 0 Å². The molecule has 0 atom stereocenters. The minimum atomic E-state index is -5.04.